The van der Waals surface area contributed by atoms with Gasteiger partial charge in [-0.3, -0.25) is 0 Å². The number of fused-ring (bicyclic) bond motifs is 1. The lowest BCUT2D eigenvalue weighted by molar-refractivity contribution is 0.759. The molecule has 0 saturated heterocycles. The van der Waals surface area contributed by atoms with Gasteiger partial charge in [0.05, 0.1) is 0 Å². The summed E-state index contributed by atoms with van der Waals surface area (Å²) >= 11 is 5.62. The number of nitrogens with one attached hydrogen (secondary N) is 1. The highest BCUT2D eigenvalue weighted by molar-refractivity contribution is 7.80. The Morgan fingerprint density at radius 3 is 2.62 bits per heavy atom. The van der Waals surface area contributed by atoms with Crippen molar-refractivity contribution in [3.63, 3.8) is 0 Å². The molecular weight excluding hydrogens is 276 g/mol. The average Bonchev–Trinajstić information content (AvgIpc) is 2.76. The molecule has 1 aliphatic heterocycles. The van der Waals surface area contributed by atoms with Crippen molar-refractivity contribution in [3.05, 3.63) is 65.7 Å². The predicted molar refractivity (Wildman–Crippen MR) is 92.6 cm³/mol. The third-order valence-electron chi connectivity index (χ3n) is 3.89. The minimum absolute atomic E-state index is 0.776. The van der Waals surface area contributed by atoms with Crippen LogP contribution in [0.4, 0.5) is 5.69 Å². The lowest BCUT2D eigenvalue weighted by Crippen LogP contribution is -2.40. The van der Waals surface area contributed by atoms with E-state index in [1.165, 1.54) is 29.7 Å². The van der Waals surface area contributed by atoms with Gasteiger partial charge in [0.2, 0.25) is 0 Å². The molecule has 21 heavy (non-hydrogen) atoms. The molecule has 0 amide bonds. The number of nitrogens with zero attached hydrogens (tertiary/aromatic N) is 1. The molecule has 2 aromatic carbocycles. The molecule has 2 nitrogen and oxygen atoms in total. The van der Waals surface area contributed by atoms with Crippen LogP contribution in [-0.4, -0.2) is 11.7 Å². The molecular formula is C18H20N2S. The molecule has 1 heterocycles. The van der Waals surface area contributed by atoms with Crippen molar-refractivity contribution in [2.24, 2.45) is 0 Å². The summed E-state index contributed by atoms with van der Waals surface area (Å²) in [6, 6.07) is 19.0. The summed E-state index contributed by atoms with van der Waals surface area (Å²) in [7, 11) is 0. The van der Waals surface area contributed by atoms with E-state index in [-0.39, 0.29) is 0 Å². The highest BCUT2D eigenvalue weighted by Crippen LogP contribution is 2.26. The molecule has 0 atom stereocenters. The van der Waals surface area contributed by atoms with E-state index >= 15 is 0 Å². The van der Waals surface area contributed by atoms with Crippen molar-refractivity contribution in [3.8, 4) is 0 Å². The first-order valence-corrected chi connectivity index (χ1v) is 7.92. The summed E-state index contributed by atoms with van der Waals surface area (Å²) in [6.45, 7) is 1.77. The number of anilines is 1. The van der Waals surface area contributed by atoms with Gasteiger partial charge in [-0.05, 0) is 48.7 Å². The van der Waals surface area contributed by atoms with Crippen LogP contribution in [0, 0.1) is 0 Å². The minimum Gasteiger partial charge on any atom is -0.358 e. The number of hydrogen-bond donors (Lipinski definition) is 1. The normalized spacial score (nSPS) is 14.2. The van der Waals surface area contributed by atoms with Crippen molar-refractivity contribution in [2.75, 3.05) is 11.4 Å². The van der Waals surface area contributed by atoms with Gasteiger partial charge >= 0.3 is 0 Å². The summed E-state index contributed by atoms with van der Waals surface area (Å²) in [4.78, 5) is 2.25. The van der Waals surface area contributed by atoms with Crippen molar-refractivity contribution in [1.29, 1.82) is 0 Å². The molecule has 3 rings (SSSR count). The second kappa shape index (κ2) is 6.72. The Kier molecular flexibility index (Phi) is 4.51. The molecule has 0 saturated carbocycles. The molecule has 0 fully saturated rings. The Labute approximate surface area is 131 Å². The second-order valence-corrected chi connectivity index (χ2v) is 5.77. The topological polar surface area (TPSA) is 15.3 Å². The van der Waals surface area contributed by atoms with Crippen LogP contribution in [0.1, 0.15) is 24.0 Å². The third kappa shape index (κ3) is 3.42. The van der Waals surface area contributed by atoms with Gasteiger partial charge in [-0.15, -0.1) is 0 Å². The minimum atomic E-state index is 0.776. The van der Waals surface area contributed by atoms with E-state index < -0.39 is 0 Å². The highest BCUT2D eigenvalue weighted by Gasteiger charge is 2.17. The summed E-state index contributed by atoms with van der Waals surface area (Å²) in [5.74, 6) is 0. The van der Waals surface area contributed by atoms with Crippen LogP contribution in [0.2, 0.25) is 0 Å². The van der Waals surface area contributed by atoms with Gasteiger partial charge in [-0.2, -0.15) is 0 Å². The summed E-state index contributed by atoms with van der Waals surface area (Å²) < 4.78 is 0. The molecule has 1 N–H and O–H groups in total. The molecule has 108 valence electrons. The molecule has 0 bridgehead atoms. The molecule has 2 aromatic rings. The molecule has 1 aliphatic rings. The van der Waals surface area contributed by atoms with Crippen molar-refractivity contribution < 1.29 is 0 Å². The summed E-state index contributed by atoms with van der Waals surface area (Å²) in [5, 5.41) is 4.22. The molecule has 3 heteroatoms. The molecule has 0 unspecified atom stereocenters. The van der Waals surface area contributed by atoms with Gasteiger partial charge in [-0.25, -0.2) is 0 Å². The van der Waals surface area contributed by atoms with Crippen molar-refractivity contribution in [2.45, 2.75) is 25.8 Å². The zero-order valence-electron chi connectivity index (χ0n) is 12.1. The van der Waals surface area contributed by atoms with Crippen molar-refractivity contribution >= 4 is 23.0 Å². The monoisotopic (exact) mass is 296 g/mol. The zero-order valence-corrected chi connectivity index (χ0v) is 12.9. The van der Waals surface area contributed by atoms with Gasteiger partial charge in [0.15, 0.2) is 5.11 Å². The zero-order chi connectivity index (χ0) is 14.5. The summed E-state index contributed by atoms with van der Waals surface area (Å²) in [6.07, 6.45) is 3.56. The average molecular weight is 296 g/mol. The number of hydrogen-bond acceptors (Lipinski definition) is 1. The van der Waals surface area contributed by atoms with E-state index in [4.69, 9.17) is 12.2 Å². The SMILES string of the molecule is S=C(NCc1ccccc1)N1CCCCc2ccccc21. The standard InChI is InChI=1S/C18H20N2S/c21-18(19-14-15-8-2-1-3-9-15)20-13-7-6-11-16-10-4-5-12-17(16)20/h1-5,8-10,12H,6-7,11,13-14H2,(H,19,21). The number of aryl methyl sites for hydroxylation is 1. The fourth-order valence-electron chi connectivity index (χ4n) is 2.77. The Morgan fingerprint density at radius 1 is 1.00 bits per heavy atom. The van der Waals surface area contributed by atoms with Crippen LogP contribution in [0.3, 0.4) is 0 Å². The Morgan fingerprint density at radius 2 is 1.76 bits per heavy atom. The first-order valence-electron chi connectivity index (χ1n) is 7.52. The van der Waals surface area contributed by atoms with Crippen LogP contribution >= 0.6 is 12.2 Å². The Balaban J connectivity index is 1.72. The van der Waals surface area contributed by atoms with E-state index in [1.54, 1.807) is 0 Å². The second-order valence-electron chi connectivity index (χ2n) is 5.38. The molecule has 0 radical (unpaired) electrons. The Hall–Kier alpha value is -1.87. The molecule has 0 aromatic heterocycles. The van der Waals surface area contributed by atoms with Gasteiger partial charge in [0.25, 0.3) is 0 Å². The maximum Gasteiger partial charge on any atom is 0.173 e. The fraction of sp³-hybridized carbons (Fsp3) is 0.278. The van der Waals surface area contributed by atoms with Gasteiger partial charge in [-0.1, -0.05) is 48.5 Å². The smallest absolute Gasteiger partial charge is 0.173 e. The quantitative estimate of drug-likeness (QED) is 0.846. The van der Waals surface area contributed by atoms with Crippen molar-refractivity contribution in [1.82, 2.24) is 5.32 Å². The van der Waals surface area contributed by atoms with Crippen LogP contribution in [0.15, 0.2) is 54.6 Å². The molecule has 0 spiro atoms. The van der Waals surface area contributed by atoms with Crippen LogP contribution < -0.4 is 10.2 Å². The van der Waals surface area contributed by atoms with Gasteiger partial charge in [0.1, 0.15) is 0 Å². The first-order chi connectivity index (χ1) is 10.3. The fourth-order valence-corrected chi connectivity index (χ4v) is 3.03. The van der Waals surface area contributed by atoms with Crippen LogP contribution in [0.25, 0.3) is 0 Å². The number of benzene rings is 2. The third-order valence-corrected chi connectivity index (χ3v) is 4.26. The highest BCUT2D eigenvalue weighted by atomic mass is 32.1. The van der Waals surface area contributed by atoms with E-state index in [0.29, 0.717) is 0 Å². The van der Waals surface area contributed by atoms with Crippen LogP contribution in [-0.2, 0) is 13.0 Å². The van der Waals surface area contributed by atoms with Gasteiger partial charge < -0.3 is 10.2 Å². The number of thiocarbonyl (C=S) groups is 1. The number of para-hydroxylation sites is 1. The largest absolute Gasteiger partial charge is 0.358 e. The maximum absolute atomic E-state index is 5.62. The predicted octanol–water partition coefficient (Wildman–Crippen LogP) is 3.90. The lowest BCUT2D eigenvalue weighted by atomic mass is 10.1. The van der Waals surface area contributed by atoms with Gasteiger partial charge in [0, 0.05) is 18.8 Å². The first kappa shape index (κ1) is 14.1. The van der Waals surface area contributed by atoms with Crippen LogP contribution in [0.5, 0.6) is 0 Å². The van der Waals surface area contributed by atoms with E-state index in [1.807, 2.05) is 6.07 Å². The van der Waals surface area contributed by atoms with E-state index in [2.05, 4.69) is 58.7 Å². The summed E-state index contributed by atoms with van der Waals surface area (Å²) in [5.41, 5.74) is 3.92. The lowest BCUT2D eigenvalue weighted by Gasteiger charge is -2.26. The maximum atomic E-state index is 5.62. The Bertz CT molecular complexity index is 610. The molecule has 0 aliphatic carbocycles. The van der Waals surface area contributed by atoms with E-state index in [0.717, 1.165) is 24.6 Å². The number of rotatable bonds is 2. The van der Waals surface area contributed by atoms with E-state index in [9.17, 15) is 0 Å².